The highest BCUT2D eigenvalue weighted by molar-refractivity contribution is 7.92. The van der Waals surface area contributed by atoms with Gasteiger partial charge in [-0.25, -0.2) is 22.9 Å². The Hall–Kier alpha value is -3.55. The Morgan fingerprint density at radius 1 is 1.12 bits per heavy atom. The van der Waals surface area contributed by atoms with E-state index < -0.39 is 44.5 Å². The lowest BCUT2D eigenvalue weighted by molar-refractivity contribution is -0.123. The molecule has 1 saturated heterocycles. The fourth-order valence-corrected chi connectivity index (χ4v) is 7.20. The van der Waals surface area contributed by atoms with Crippen molar-refractivity contribution in [2.45, 2.75) is 23.0 Å². The molecule has 16 heteroatoms. The van der Waals surface area contributed by atoms with Gasteiger partial charge < -0.3 is 9.64 Å². The molecule has 12 nitrogen and oxygen atoms in total. The van der Waals surface area contributed by atoms with Crippen LogP contribution in [0.4, 0.5) is 5.82 Å². The van der Waals surface area contributed by atoms with Gasteiger partial charge in [-0.05, 0) is 44.2 Å². The van der Waals surface area contributed by atoms with Crippen LogP contribution in [-0.4, -0.2) is 60.0 Å². The number of thiophene rings is 1. The Balaban J connectivity index is 1.33. The predicted molar refractivity (Wildman–Crippen MR) is 149 cm³/mol. The third-order valence-electron chi connectivity index (χ3n) is 6.00. The summed E-state index contributed by atoms with van der Waals surface area (Å²) < 4.78 is 61.5. The molecule has 1 aliphatic rings. The molecule has 4 rings (SSSR count). The average molecular weight is 639 g/mol. The van der Waals surface area contributed by atoms with Crippen LogP contribution in [0.25, 0.3) is 0 Å². The number of sulfonamides is 1. The van der Waals surface area contributed by atoms with Gasteiger partial charge in [0.2, 0.25) is 5.91 Å². The largest absolute Gasteiger partial charge is 0.460 e. The second kappa shape index (κ2) is 12.1. The maximum atomic E-state index is 12.6. The Labute approximate surface area is 245 Å². The van der Waals surface area contributed by atoms with Crippen LogP contribution in [0.5, 0.6) is 0 Å². The summed E-state index contributed by atoms with van der Waals surface area (Å²) in [5, 5.41) is 9.65. The molecule has 1 fully saturated rings. The van der Waals surface area contributed by atoms with Gasteiger partial charge in [-0.15, -0.1) is 11.3 Å². The number of aromatic nitrogens is 1. The number of nitrogens with one attached hydrogen (secondary N) is 1. The summed E-state index contributed by atoms with van der Waals surface area (Å²) in [4.78, 5) is 31.0. The van der Waals surface area contributed by atoms with E-state index in [-0.39, 0.29) is 55.8 Å². The third-order valence-corrected chi connectivity index (χ3v) is 10.4. The van der Waals surface area contributed by atoms with Gasteiger partial charge in [-0.1, -0.05) is 29.3 Å². The molecule has 1 amide bonds. The summed E-state index contributed by atoms with van der Waals surface area (Å²) in [6.07, 6.45) is 0. The summed E-state index contributed by atoms with van der Waals surface area (Å²) in [6, 6.07) is 12.0. The van der Waals surface area contributed by atoms with Crippen LogP contribution in [-0.2, 0) is 33.9 Å². The van der Waals surface area contributed by atoms with Gasteiger partial charge in [0.15, 0.2) is 0 Å². The second-order valence-electron chi connectivity index (χ2n) is 8.96. The summed E-state index contributed by atoms with van der Waals surface area (Å²) >= 11 is 6.60. The number of aryl methyl sites for hydroxylation is 2. The topological polar surface area (TPSA) is 173 Å². The summed E-state index contributed by atoms with van der Waals surface area (Å²) in [7, 11) is -8.08. The van der Waals surface area contributed by atoms with Crippen molar-refractivity contribution in [2.75, 3.05) is 31.2 Å². The number of nitriles is 1. The van der Waals surface area contributed by atoms with E-state index in [9.17, 15) is 31.7 Å². The number of carbonyl (C=O) groups excluding carboxylic acids is 2. The fourth-order valence-electron chi connectivity index (χ4n) is 3.78. The van der Waals surface area contributed by atoms with E-state index in [1.807, 2.05) is 17.7 Å². The molecule has 0 atom stereocenters. The van der Waals surface area contributed by atoms with E-state index in [4.69, 9.17) is 20.5 Å². The summed E-state index contributed by atoms with van der Waals surface area (Å²) in [5.74, 6) is -1.97. The number of benzene rings is 1. The Morgan fingerprint density at radius 2 is 1.80 bits per heavy atom. The highest BCUT2D eigenvalue weighted by Crippen LogP contribution is 2.29. The Bertz CT molecular complexity index is 1740. The average Bonchev–Trinajstić information content (AvgIpc) is 3.33. The minimum atomic E-state index is -4.06. The quantitative estimate of drug-likeness (QED) is 0.196. The zero-order chi connectivity index (χ0) is 29.9. The van der Waals surface area contributed by atoms with E-state index in [1.165, 1.54) is 37.3 Å². The molecule has 1 aromatic carbocycles. The monoisotopic (exact) mass is 638 g/mol. The maximum Gasteiger partial charge on any atom is 0.340 e. The summed E-state index contributed by atoms with van der Waals surface area (Å²) in [6.45, 7) is 2.77. The van der Waals surface area contributed by atoms with E-state index >= 15 is 0 Å². The lowest BCUT2D eigenvalue weighted by atomic mass is 9.98. The van der Waals surface area contributed by atoms with E-state index in [0.717, 1.165) is 16.9 Å². The van der Waals surface area contributed by atoms with Gasteiger partial charge in [0.05, 0.1) is 32.0 Å². The molecule has 0 bridgehead atoms. The van der Waals surface area contributed by atoms with Crippen molar-refractivity contribution in [1.82, 2.24) is 9.71 Å². The molecule has 0 saturated carbocycles. The van der Waals surface area contributed by atoms with Crippen molar-refractivity contribution < 1.29 is 35.3 Å². The number of carbonyl (C=O) groups is 2. The molecular weight excluding hydrogens is 616 g/mol. The number of nitrogens with zero attached hydrogens (tertiary/aromatic N) is 3. The van der Waals surface area contributed by atoms with Crippen LogP contribution in [0.2, 0.25) is 4.34 Å². The van der Waals surface area contributed by atoms with Crippen molar-refractivity contribution in [3.8, 4) is 6.07 Å². The highest BCUT2D eigenvalue weighted by atomic mass is 35.5. The standard InChI is InChI=1S/C25H23ClN4O8S3/c1-15-3-5-19(6-4-15)41(35,36)38-10-9-37-25(32)20-11-17(12-27)23(28-16(20)2)30-13-18(14-30)24(31)29-40(33,34)22-8-7-21(26)39-22/h3-8,11,18H,9-10,13-14H2,1-2H3,(H,29,31). The first-order valence-corrected chi connectivity index (χ1v) is 16.0. The third kappa shape index (κ3) is 7.03. The van der Waals surface area contributed by atoms with Crippen LogP contribution >= 0.6 is 22.9 Å². The Morgan fingerprint density at radius 3 is 2.41 bits per heavy atom. The fraction of sp³-hybridized carbons (Fsp3) is 0.280. The molecule has 2 aromatic heterocycles. The van der Waals surface area contributed by atoms with Crippen LogP contribution < -0.4 is 9.62 Å². The molecule has 3 heterocycles. The molecule has 0 radical (unpaired) electrons. The van der Waals surface area contributed by atoms with E-state index in [0.29, 0.717) is 0 Å². The summed E-state index contributed by atoms with van der Waals surface area (Å²) in [5.41, 5.74) is 1.17. The van der Waals surface area contributed by atoms with Crippen molar-refractivity contribution in [3.05, 3.63) is 69.2 Å². The molecule has 0 spiro atoms. The number of hydrogen-bond donors (Lipinski definition) is 1. The number of ether oxygens (including phenoxy) is 1. The molecule has 1 aliphatic heterocycles. The van der Waals surface area contributed by atoms with Gasteiger partial charge in [-0.3, -0.25) is 8.98 Å². The van der Waals surface area contributed by atoms with Crippen molar-refractivity contribution in [3.63, 3.8) is 0 Å². The van der Waals surface area contributed by atoms with Gasteiger partial charge in [-0.2, -0.15) is 13.7 Å². The normalized spacial score (nSPS) is 13.8. The first-order chi connectivity index (χ1) is 19.3. The number of rotatable bonds is 10. The van der Waals surface area contributed by atoms with Crippen LogP contribution in [0.3, 0.4) is 0 Å². The molecule has 1 N–H and O–H groups in total. The van der Waals surface area contributed by atoms with Gasteiger partial charge in [0.25, 0.3) is 20.1 Å². The lowest BCUT2D eigenvalue weighted by Crippen LogP contribution is -2.55. The SMILES string of the molecule is Cc1ccc(S(=O)(=O)OCCOC(=O)c2cc(C#N)c(N3CC(C(=O)NS(=O)(=O)c4ccc(Cl)s4)C3)nc2C)cc1. The zero-order valence-electron chi connectivity index (χ0n) is 21.7. The smallest absolute Gasteiger partial charge is 0.340 e. The molecule has 3 aromatic rings. The van der Waals surface area contributed by atoms with Gasteiger partial charge >= 0.3 is 5.97 Å². The van der Waals surface area contributed by atoms with Crippen LogP contribution in [0.15, 0.2) is 51.6 Å². The van der Waals surface area contributed by atoms with Crippen LogP contribution in [0, 0.1) is 31.1 Å². The lowest BCUT2D eigenvalue weighted by Gasteiger charge is -2.39. The van der Waals surface area contributed by atoms with E-state index in [1.54, 1.807) is 17.0 Å². The first-order valence-electron chi connectivity index (χ1n) is 11.9. The maximum absolute atomic E-state index is 12.6. The predicted octanol–water partition coefficient (Wildman–Crippen LogP) is 2.79. The van der Waals surface area contributed by atoms with Gasteiger partial charge in [0, 0.05) is 13.1 Å². The minimum absolute atomic E-state index is 0.00205. The van der Waals surface area contributed by atoms with Gasteiger partial charge in [0.1, 0.15) is 29.3 Å². The minimum Gasteiger partial charge on any atom is -0.460 e. The molecule has 41 heavy (non-hydrogen) atoms. The van der Waals surface area contributed by atoms with Crippen molar-refractivity contribution >= 4 is 60.8 Å². The Kier molecular flexibility index (Phi) is 9.00. The molecule has 0 unspecified atom stereocenters. The second-order valence-corrected chi connectivity index (χ2v) is 14.2. The molecule has 216 valence electrons. The first kappa shape index (κ1) is 30.4. The number of halogens is 1. The molecule has 0 aliphatic carbocycles. The number of anilines is 1. The number of pyridine rings is 1. The number of hydrogen-bond acceptors (Lipinski definition) is 12. The zero-order valence-corrected chi connectivity index (χ0v) is 24.9. The number of esters is 1. The van der Waals surface area contributed by atoms with E-state index in [2.05, 4.69) is 4.98 Å². The van der Waals surface area contributed by atoms with Crippen LogP contribution in [0.1, 0.15) is 27.2 Å². The highest BCUT2D eigenvalue weighted by Gasteiger charge is 2.37. The van der Waals surface area contributed by atoms with Crippen molar-refractivity contribution in [1.29, 1.82) is 5.26 Å². The van der Waals surface area contributed by atoms with Crippen molar-refractivity contribution in [2.24, 2.45) is 5.92 Å². The molecular formula is C25H23ClN4O8S3. The number of amides is 1.